The van der Waals surface area contributed by atoms with Crippen molar-refractivity contribution in [2.24, 2.45) is 0 Å². The van der Waals surface area contributed by atoms with Crippen LogP contribution in [-0.2, 0) is 16.1 Å². The van der Waals surface area contributed by atoms with E-state index < -0.39 is 0 Å². The molecule has 130 valence electrons. The van der Waals surface area contributed by atoms with Crippen LogP contribution in [0.2, 0.25) is 0 Å². The molecule has 6 heteroatoms. The zero-order chi connectivity index (χ0) is 17.1. The predicted molar refractivity (Wildman–Crippen MR) is 88.7 cm³/mol. The summed E-state index contributed by atoms with van der Waals surface area (Å²) >= 11 is 0. The maximum Gasteiger partial charge on any atom is 0.245 e. The predicted octanol–water partition coefficient (Wildman–Crippen LogP) is 1.48. The fraction of sp³-hybridized carbons (Fsp3) is 0.556. The molecule has 1 aromatic rings. The molecule has 0 radical (unpaired) electrons. The van der Waals surface area contributed by atoms with Gasteiger partial charge in [0.05, 0.1) is 0 Å². The fourth-order valence-corrected chi connectivity index (χ4v) is 3.50. The first-order valence-corrected chi connectivity index (χ1v) is 8.59. The zero-order valence-corrected chi connectivity index (χ0v) is 14.1. The van der Waals surface area contributed by atoms with Gasteiger partial charge in [-0.05, 0) is 31.0 Å². The lowest BCUT2D eigenvalue weighted by atomic mass is 10.1. The Morgan fingerprint density at radius 1 is 1.21 bits per heavy atom. The van der Waals surface area contributed by atoms with Crippen LogP contribution in [0.5, 0.6) is 0 Å². The third kappa shape index (κ3) is 3.75. The molecule has 2 aliphatic heterocycles. The number of amides is 2. The molecule has 0 aliphatic carbocycles. The molecule has 2 saturated heterocycles. The second-order valence-corrected chi connectivity index (χ2v) is 6.60. The first-order chi connectivity index (χ1) is 11.5. The van der Waals surface area contributed by atoms with Crippen LogP contribution in [0, 0.1) is 5.82 Å². The topological polar surface area (TPSA) is 43.9 Å². The van der Waals surface area contributed by atoms with Gasteiger partial charge in [-0.15, -0.1) is 0 Å². The molecule has 2 amide bonds. The Bertz CT molecular complexity index is 614. The van der Waals surface area contributed by atoms with Crippen molar-refractivity contribution in [3.8, 4) is 0 Å². The Morgan fingerprint density at radius 3 is 2.58 bits per heavy atom. The van der Waals surface area contributed by atoms with E-state index in [1.54, 1.807) is 17.0 Å². The quantitative estimate of drug-likeness (QED) is 0.838. The van der Waals surface area contributed by atoms with Crippen LogP contribution in [0.4, 0.5) is 4.39 Å². The summed E-state index contributed by atoms with van der Waals surface area (Å²) in [6.45, 7) is 6.04. The van der Waals surface area contributed by atoms with Gasteiger partial charge in [0.25, 0.3) is 0 Å². The van der Waals surface area contributed by atoms with Gasteiger partial charge in [0.1, 0.15) is 11.9 Å². The Labute approximate surface area is 142 Å². The number of carbonyl (C=O) groups excluding carboxylic acids is 2. The van der Waals surface area contributed by atoms with Crippen molar-refractivity contribution in [2.45, 2.75) is 32.4 Å². The van der Waals surface area contributed by atoms with Crippen molar-refractivity contribution in [3.05, 3.63) is 35.6 Å². The van der Waals surface area contributed by atoms with E-state index in [0.29, 0.717) is 32.6 Å². The van der Waals surface area contributed by atoms with Crippen molar-refractivity contribution in [3.63, 3.8) is 0 Å². The van der Waals surface area contributed by atoms with Gasteiger partial charge in [-0.3, -0.25) is 14.5 Å². The number of carbonyl (C=O) groups is 2. The number of benzene rings is 1. The van der Waals surface area contributed by atoms with Crippen LogP contribution in [0.15, 0.2) is 24.3 Å². The van der Waals surface area contributed by atoms with Gasteiger partial charge in [-0.25, -0.2) is 4.39 Å². The van der Waals surface area contributed by atoms with Crippen molar-refractivity contribution in [2.75, 3.05) is 32.7 Å². The highest BCUT2D eigenvalue weighted by Gasteiger charge is 2.33. The van der Waals surface area contributed by atoms with Crippen molar-refractivity contribution >= 4 is 11.8 Å². The lowest BCUT2D eigenvalue weighted by Gasteiger charge is -2.37. The second-order valence-electron chi connectivity index (χ2n) is 6.60. The molecule has 1 atom stereocenters. The molecule has 2 fully saturated rings. The number of likely N-dealkylation sites (tertiary alicyclic amines) is 1. The summed E-state index contributed by atoms with van der Waals surface area (Å²) in [5.74, 6) is -0.0957. The van der Waals surface area contributed by atoms with E-state index in [-0.39, 0.29) is 23.7 Å². The van der Waals surface area contributed by atoms with E-state index in [2.05, 4.69) is 4.90 Å². The lowest BCUT2D eigenvalue weighted by Crippen LogP contribution is -2.54. The van der Waals surface area contributed by atoms with E-state index >= 15 is 0 Å². The maximum absolute atomic E-state index is 13.3. The molecule has 1 aromatic carbocycles. The standard InChI is InChI=1S/C18H24FN3O2/c1-14(22-7-3-6-17(22)23)18(24)21-10-8-20(9-11-21)13-15-4-2-5-16(19)12-15/h2,4-5,12,14H,3,6-11,13H2,1H3. The number of halogens is 1. The van der Waals surface area contributed by atoms with Crippen molar-refractivity contribution in [1.82, 2.24) is 14.7 Å². The monoisotopic (exact) mass is 333 g/mol. The van der Waals surface area contributed by atoms with E-state index in [0.717, 1.165) is 25.1 Å². The first-order valence-electron chi connectivity index (χ1n) is 8.59. The SMILES string of the molecule is CC(C(=O)N1CCN(Cc2cccc(F)c2)CC1)N1CCCC1=O. The molecule has 3 rings (SSSR count). The van der Waals surface area contributed by atoms with Crippen molar-refractivity contribution < 1.29 is 14.0 Å². The second kappa shape index (κ2) is 7.30. The van der Waals surface area contributed by atoms with Crippen LogP contribution in [0.3, 0.4) is 0 Å². The minimum absolute atomic E-state index is 0.0376. The highest BCUT2D eigenvalue weighted by atomic mass is 19.1. The van der Waals surface area contributed by atoms with E-state index in [1.807, 2.05) is 17.9 Å². The summed E-state index contributed by atoms with van der Waals surface area (Å²) in [4.78, 5) is 30.2. The average Bonchev–Trinajstić information content (AvgIpc) is 3.00. The molecule has 0 spiro atoms. The summed E-state index contributed by atoms with van der Waals surface area (Å²) in [5, 5.41) is 0. The summed E-state index contributed by atoms with van der Waals surface area (Å²) in [7, 11) is 0. The molecule has 2 heterocycles. The number of hydrogen-bond donors (Lipinski definition) is 0. The Kier molecular flexibility index (Phi) is 5.14. The number of nitrogens with zero attached hydrogens (tertiary/aromatic N) is 3. The van der Waals surface area contributed by atoms with E-state index in [9.17, 15) is 14.0 Å². The smallest absolute Gasteiger partial charge is 0.245 e. The number of piperazine rings is 1. The molecule has 0 N–H and O–H groups in total. The third-order valence-corrected chi connectivity index (χ3v) is 4.91. The van der Waals surface area contributed by atoms with Gasteiger partial charge >= 0.3 is 0 Å². The lowest BCUT2D eigenvalue weighted by molar-refractivity contribution is -0.144. The van der Waals surface area contributed by atoms with Crippen LogP contribution in [-0.4, -0.2) is 65.3 Å². The molecule has 1 unspecified atom stereocenters. The minimum Gasteiger partial charge on any atom is -0.338 e. The van der Waals surface area contributed by atoms with Gasteiger partial charge in [-0.1, -0.05) is 12.1 Å². The van der Waals surface area contributed by atoms with Gasteiger partial charge in [0.2, 0.25) is 11.8 Å². The van der Waals surface area contributed by atoms with E-state index in [4.69, 9.17) is 0 Å². The summed E-state index contributed by atoms with van der Waals surface area (Å²) in [6.07, 6.45) is 1.40. The third-order valence-electron chi connectivity index (χ3n) is 4.91. The first kappa shape index (κ1) is 16.9. The van der Waals surface area contributed by atoms with Crippen LogP contribution >= 0.6 is 0 Å². The van der Waals surface area contributed by atoms with Gasteiger partial charge in [-0.2, -0.15) is 0 Å². The molecule has 2 aliphatic rings. The highest BCUT2D eigenvalue weighted by molar-refractivity contribution is 5.88. The zero-order valence-electron chi connectivity index (χ0n) is 14.1. The van der Waals surface area contributed by atoms with Gasteiger partial charge < -0.3 is 9.80 Å². The Hall–Kier alpha value is -1.95. The number of hydrogen-bond acceptors (Lipinski definition) is 3. The van der Waals surface area contributed by atoms with Crippen LogP contribution < -0.4 is 0 Å². The summed E-state index contributed by atoms with van der Waals surface area (Å²) in [6, 6.07) is 6.27. The summed E-state index contributed by atoms with van der Waals surface area (Å²) in [5.41, 5.74) is 0.950. The largest absolute Gasteiger partial charge is 0.338 e. The normalized spacial score (nSPS) is 20.5. The van der Waals surface area contributed by atoms with Gasteiger partial charge in [0.15, 0.2) is 0 Å². The Morgan fingerprint density at radius 2 is 1.96 bits per heavy atom. The minimum atomic E-state index is -0.366. The highest BCUT2D eigenvalue weighted by Crippen LogP contribution is 2.16. The molecular formula is C18H24FN3O2. The number of rotatable bonds is 4. The maximum atomic E-state index is 13.3. The van der Waals surface area contributed by atoms with Gasteiger partial charge in [0, 0.05) is 45.7 Å². The Balaban J connectivity index is 1.51. The molecular weight excluding hydrogens is 309 g/mol. The van der Waals surface area contributed by atoms with Crippen molar-refractivity contribution in [1.29, 1.82) is 0 Å². The van der Waals surface area contributed by atoms with Crippen LogP contribution in [0.25, 0.3) is 0 Å². The summed E-state index contributed by atoms with van der Waals surface area (Å²) < 4.78 is 13.3. The average molecular weight is 333 g/mol. The van der Waals surface area contributed by atoms with Crippen LogP contribution in [0.1, 0.15) is 25.3 Å². The molecule has 0 aromatic heterocycles. The molecule has 0 bridgehead atoms. The molecule has 5 nitrogen and oxygen atoms in total. The van der Waals surface area contributed by atoms with E-state index in [1.165, 1.54) is 6.07 Å². The molecule has 0 saturated carbocycles. The molecule has 24 heavy (non-hydrogen) atoms. The fourth-order valence-electron chi connectivity index (χ4n) is 3.50.